The molecule has 0 saturated heterocycles. The maximum atomic E-state index is 10.3. The Morgan fingerprint density at radius 1 is 0.900 bits per heavy atom. The van der Waals surface area contributed by atoms with Gasteiger partial charge in [0, 0.05) is 0 Å². The second-order valence-corrected chi connectivity index (χ2v) is 5.77. The predicted molar refractivity (Wildman–Crippen MR) is 89.8 cm³/mol. The van der Waals surface area contributed by atoms with E-state index >= 15 is 0 Å². The molecule has 1 aromatic rings. The monoisotopic (exact) mass is 299 g/mol. The smallest absolute Gasteiger partial charge is 0.0733 e. The Labute approximate surface area is 130 Å². The van der Waals surface area contributed by atoms with Crippen molar-refractivity contribution in [2.24, 2.45) is 5.73 Å². The number of hydrogen-bond donors (Lipinski definition) is 2. The van der Waals surface area contributed by atoms with Gasteiger partial charge in [-0.15, -0.1) is 12.4 Å². The minimum atomic E-state index is -0.446. The van der Waals surface area contributed by atoms with Gasteiger partial charge < -0.3 is 10.8 Å². The maximum Gasteiger partial charge on any atom is 0.0733 e. The second-order valence-electron chi connectivity index (χ2n) is 5.77. The van der Waals surface area contributed by atoms with Gasteiger partial charge in [-0.3, -0.25) is 0 Å². The van der Waals surface area contributed by atoms with Crippen molar-refractivity contribution < 1.29 is 5.11 Å². The molecule has 116 valence electrons. The quantitative estimate of drug-likeness (QED) is 0.856. The van der Waals surface area contributed by atoms with E-state index in [0.29, 0.717) is 0 Å². The second kappa shape index (κ2) is 8.02. The van der Waals surface area contributed by atoms with Gasteiger partial charge in [0.1, 0.15) is 0 Å². The van der Waals surface area contributed by atoms with E-state index in [1.807, 2.05) is 0 Å². The van der Waals surface area contributed by atoms with Gasteiger partial charge in [-0.1, -0.05) is 19.8 Å². The molecule has 0 aliphatic carbocycles. The minimum absolute atomic E-state index is 0. The molecule has 0 bridgehead atoms. The van der Waals surface area contributed by atoms with Crippen LogP contribution in [0.15, 0.2) is 0 Å². The lowest BCUT2D eigenvalue weighted by Gasteiger charge is -2.26. The first-order chi connectivity index (χ1) is 8.82. The highest BCUT2D eigenvalue weighted by atomic mass is 35.5. The van der Waals surface area contributed by atoms with Crippen LogP contribution < -0.4 is 5.73 Å². The van der Waals surface area contributed by atoms with Crippen molar-refractivity contribution in [1.29, 1.82) is 0 Å². The summed E-state index contributed by atoms with van der Waals surface area (Å²) in [4.78, 5) is 0. The van der Waals surface area contributed by atoms with Crippen LogP contribution in [0.5, 0.6) is 0 Å². The first-order valence-electron chi connectivity index (χ1n) is 7.33. The van der Waals surface area contributed by atoms with Crippen LogP contribution in [0.4, 0.5) is 0 Å². The van der Waals surface area contributed by atoms with E-state index in [4.69, 9.17) is 5.73 Å². The van der Waals surface area contributed by atoms with Crippen molar-refractivity contribution in [1.82, 2.24) is 0 Å². The summed E-state index contributed by atoms with van der Waals surface area (Å²) in [6.07, 6.45) is 2.45. The molecule has 0 unspecified atom stereocenters. The van der Waals surface area contributed by atoms with Crippen molar-refractivity contribution >= 4 is 12.4 Å². The summed E-state index contributed by atoms with van der Waals surface area (Å²) in [5.41, 5.74) is 13.9. The lowest BCUT2D eigenvalue weighted by atomic mass is 9.84. The molecule has 2 nitrogen and oxygen atoms in total. The molecule has 0 amide bonds. The maximum absolute atomic E-state index is 10.3. The molecule has 3 heteroatoms. The van der Waals surface area contributed by atoms with Crippen LogP contribution in [-0.4, -0.2) is 11.2 Å². The van der Waals surface area contributed by atoms with E-state index in [1.54, 1.807) is 0 Å². The van der Waals surface area contributed by atoms with E-state index < -0.39 is 6.10 Å². The van der Waals surface area contributed by atoms with Crippen molar-refractivity contribution in [2.75, 3.05) is 0 Å². The van der Waals surface area contributed by atoms with Crippen molar-refractivity contribution in [3.05, 3.63) is 33.4 Å². The third-order valence-corrected chi connectivity index (χ3v) is 4.66. The van der Waals surface area contributed by atoms with Gasteiger partial charge in [0.05, 0.1) is 12.1 Å². The van der Waals surface area contributed by atoms with Crippen LogP contribution in [-0.2, 0) is 0 Å². The molecule has 0 spiro atoms. The Morgan fingerprint density at radius 2 is 1.30 bits per heavy atom. The number of benzene rings is 1. The zero-order chi connectivity index (χ0) is 14.7. The zero-order valence-electron chi connectivity index (χ0n) is 13.7. The molecule has 0 aromatic heterocycles. The summed E-state index contributed by atoms with van der Waals surface area (Å²) in [7, 11) is 0. The summed E-state index contributed by atoms with van der Waals surface area (Å²) < 4.78 is 0. The average molecular weight is 300 g/mol. The number of nitrogens with two attached hydrogens (primary N) is 1. The van der Waals surface area contributed by atoms with Gasteiger partial charge in [-0.2, -0.15) is 0 Å². The molecule has 0 radical (unpaired) electrons. The van der Waals surface area contributed by atoms with Crippen LogP contribution in [0.2, 0.25) is 0 Å². The zero-order valence-corrected chi connectivity index (χ0v) is 14.5. The normalized spacial score (nSPS) is 13.8. The van der Waals surface area contributed by atoms with Gasteiger partial charge in [-0.05, 0) is 74.4 Å². The SMILES string of the molecule is CCCC[C@H](O)[C@H](N)c1c(C)c(C)c(C)c(C)c1C.Cl. The lowest BCUT2D eigenvalue weighted by molar-refractivity contribution is 0.132. The van der Waals surface area contributed by atoms with Crippen LogP contribution in [0.25, 0.3) is 0 Å². The number of rotatable bonds is 5. The van der Waals surface area contributed by atoms with Crippen LogP contribution >= 0.6 is 12.4 Å². The van der Waals surface area contributed by atoms with Crippen molar-refractivity contribution in [3.63, 3.8) is 0 Å². The van der Waals surface area contributed by atoms with E-state index in [9.17, 15) is 5.11 Å². The molecule has 0 saturated carbocycles. The van der Waals surface area contributed by atoms with Gasteiger partial charge in [0.15, 0.2) is 0 Å². The molecule has 20 heavy (non-hydrogen) atoms. The molecular weight excluding hydrogens is 270 g/mol. The molecule has 2 atom stereocenters. The van der Waals surface area contributed by atoms with E-state index in [1.165, 1.54) is 27.8 Å². The van der Waals surface area contributed by atoms with Crippen molar-refractivity contribution in [3.8, 4) is 0 Å². The standard InChI is InChI=1S/C17H29NO.ClH/c1-7-8-9-15(19)17(18)16-13(5)11(3)10(2)12(4)14(16)6;/h15,17,19H,7-9,18H2,1-6H3;1H/t15-,17-;/m0./s1. The fourth-order valence-electron chi connectivity index (χ4n) is 2.81. The third-order valence-electron chi connectivity index (χ3n) is 4.66. The Bertz CT molecular complexity index is 428. The summed E-state index contributed by atoms with van der Waals surface area (Å²) in [6, 6.07) is -0.274. The number of aliphatic hydroxyl groups is 1. The average Bonchev–Trinajstić information content (AvgIpc) is 2.40. The largest absolute Gasteiger partial charge is 0.391 e. The molecule has 0 heterocycles. The highest BCUT2D eigenvalue weighted by molar-refractivity contribution is 5.85. The van der Waals surface area contributed by atoms with Crippen LogP contribution in [0, 0.1) is 34.6 Å². The first-order valence-corrected chi connectivity index (χ1v) is 7.33. The number of hydrogen-bond acceptors (Lipinski definition) is 2. The Kier molecular flexibility index (Phi) is 7.79. The number of unbranched alkanes of at least 4 members (excludes halogenated alkanes) is 1. The van der Waals surface area contributed by atoms with E-state index in [0.717, 1.165) is 24.8 Å². The summed E-state index contributed by atoms with van der Waals surface area (Å²) >= 11 is 0. The van der Waals surface area contributed by atoms with Gasteiger partial charge in [-0.25, -0.2) is 0 Å². The Balaban J connectivity index is 0.00000361. The van der Waals surface area contributed by atoms with Gasteiger partial charge in [0.2, 0.25) is 0 Å². The number of halogens is 1. The molecular formula is C17H30ClNO. The van der Waals surface area contributed by atoms with Gasteiger partial charge >= 0.3 is 0 Å². The molecule has 0 fully saturated rings. The van der Waals surface area contributed by atoms with E-state index in [2.05, 4.69) is 41.5 Å². The highest BCUT2D eigenvalue weighted by Gasteiger charge is 2.22. The number of aliphatic hydroxyl groups excluding tert-OH is 1. The van der Waals surface area contributed by atoms with Crippen LogP contribution in [0.1, 0.15) is 65.6 Å². The minimum Gasteiger partial charge on any atom is -0.391 e. The summed E-state index contributed by atoms with van der Waals surface area (Å²) in [5.74, 6) is 0. The van der Waals surface area contributed by atoms with Crippen LogP contribution in [0.3, 0.4) is 0 Å². The third kappa shape index (κ3) is 3.75. The van der Waals surface area contributed by atoms with Gasteiger partial charge in [0.25, 0.3) is 0 Å². The summed E-state index contributed by atoms with van der Waals surface area (Å²) in [6.45, 7) is 12.8. The molecule has 0 aliphatic heterocycles. The molecule has 0 aliphatic rings. The first kappa shape index (κ1) is 19.4. The van der Waals surface area contributed by atoms with Crippen molar-refractivity contribution in [2.45, 2.75) is 73.0 Å². The molecule has 3 N–H and O–H groups in total. The molecule has 1 rings (SSSR count). The fraction of sp³-hybridized carbons (Fsp3) is 0.647. The lowest BCUT2D eigenvalue weighted by Crippen LogP contribution is -2.28. The summed E-state index contributed by atoms with van der Waals surface area (Å²) in [5, 5.41) is 10.3. The van der Waals surface area contributed by atoms with E-state index in [-0.39, 0.29) is 18.4 Å². The Hall–Kier alpha value is -0.570. The fourth-order valence-corrected chi connectivity index (χ4v) is 2.81. The molecule has 1 aromatic carbocycles. The topological polar surface area (TPSA) is 46.2 Å². The highest BCUT2D eigenvalue weighted by Crippen LogP contribution is 2.31. The predicted octanol–water partition coefficient (Wildman–Crippen LogP) is 4.20. The Morgan fingerprint density at radius 3 is 1.70 bits per heavy atom.